The van der Waals surface area contributed by atoms with E-state index in [0.717, 1.165) is 5.75 Å². The van der Waals surface area contributed by atoms with Crippen molar-refractivity contribution in [2.45, 2.75) is 18.9 Å². The predicted molar refractivity (Wildman–Crippen MR) is 60.3 cm³/mol. The van der Waals surface area contributed by atoms with Gasteiger partial charge in [0, 0.05) is 0 Å². The van der Waals surface area contributed by atoms with Gasteiger partial charge in [0.25, 0.3) is 0 Å². The first-order chi connectivity index (χ1) is 6.96. The van der Waals surface area contributed by atoms with Gasteiger partial charge in [-0.25, -0.2) is 8.42 Å². The van der Waals surface area contributed by atoms with Crippen LogP contribution < -0.4 is 0 Å². The van der Waals surface area contributed by atoms with Crippen LogP contribution in [0.2, 0.25) is 0 Å². The van der Waals surface area contributed by atoms with E-state index in [1.165, 1.54) is 0 Å². The highest BCUT2D eigenvalue weighted by atomic mass is 32.2. The zero-order chi connectivity index (χ0) is 11.5. The molecular formula is C9H15NO3S2. The van der Waals surface area contributed by atoms with Crippen LogP contribution in [0.15, 0.2) is 0 Å². The van der Waals surface area contributed by atoms with E-state index in [1.54, 1.807) is 11.8 Å². The van der Waals surface area contributed by atoms with Gasteiger partial charge >= 0.3 is 0 Å². The number of hydrogen-bond acceptors (Lipinski definition) is 5. The second-order valence-electron chi connectivity index (χ2n) is 3.91. The quantitative estimate of drug-likeness (QED) is 0.781. The Morgan fingerprint density at radius 1 is 1.67 bits per heavy atom. The Morgan fingerprint density at radius 3 is 2.73 bits per heavy atom. The average molecular weight is 249 g/mol. The molecule has 4 nitrogen and oxygen atoms in total. The number of rotatable bonds is 4. The smallest absolute Gasteiger partial charge is 0.152 e. The Labute approximate surface area is 94.6 Å². The van der Waals surface area contributed by atoms with Gasteiger partial charge in [-0.2, -0.15) is 17.0 Å². The highest BCUT2D eigenvalue weighted by Gasteiger charge is 2.47. The van der Waals surface area contributed by atoms with E-state index in [0.29, 0.717) is 6.42 Å². The standard InChI is InChI=1S/C9H15NO3S2/c1-14-4-2-8(11)9(6-10)3-5-15(12,13)7-9/h8,11H,2-5,7H2,1H3. The van der Waals surface area contributed by atoms with Crippen LogP contribution in [0.5, 0.6) is 0 Å². The number of nitriles is 1. The maximum atomic E-state index is 11.3. The lowest BCUT2D eigenvalue weighted by molar-refractivity contribution is 0.0771. The number of hydrogen-bond donors (Lipinski definition) is 1. The van der Waals surface area contributed by atoms with Crippen molar-refractivity contribution in [1.82, 2.24) is 0 Å². The van der Waals surface area contributed by atoms with Crippen LogP contribution in [0.3, 0.4) is 0 Å². The number of nitrogens with zero attached hydrogens (tertiary/aromatic N) is 1. The third-order valence-corrected chi connectivity index (χ3v) is 5.22. The van der Waals surface area contributed by atoms with Crippen molar-refractivity contribution in [2.75, 3.05) is 23.5 Å². The fourth-order valence-corrected chi connectivity index (χ4v) is 4.27. The molecule has 86 valence electrons. The summed E-state index contributed by atoms with van der Waals surface area (Å²) in [5, 5.41) is 18.9. The maximum Gasteiger partial charge on any atom is 0.152 e. The molecule has 0 bridgehead atoms. The normalized spacial score (nSPS) is 31.0. The van der Waals surface area contributed by atoms with Gasteiger partial charge < -0.3 is 5.11 Å². The fourth-order valence-electron chi connectivity index (χ4n) is 1.81. The molecular weight excluding hydrogens is 234 g/mol. The molecule has 2 atom stereocenters. The van der Waals surface area contributed by atoms with Crippen LogP contribution in [0.1, 0.15) is 12.8 Å². The number of aliphatic hydroxyl groups excluding tert-OH is 1. The fraction of sp³-hybridized carbons (Fsp3) is 0.889. The molecule has 0 amide bonds. The summed E-state index contributed by atoms with van der Waals surface area (Å²) >= 11 is 1.58. The summed E-state index contributed by atoms with van der Waals surface area (Å²) in [6, 6.07) is 2.00. The molecule has 0 aromatic rings. The monoisotopic (exact) mass is 249 g/mol. The molecule has 1 saturated heterocycles. The lowest BCUT2D eigenvalue weighted by Gasteiger charge is -2.25. The van der Waals surface area contributed by atoms with Crippen molar-refractivity contribution in [3.63, 3.8) is 0 Å². The van der Waals surface area contributed by atoms with Crippen LogP contribution in [-0.2, 0) is 9.84 Å². The highest BCUT2D eigenvalue weighted by Crippen LogP contribution is 2.36. The summed E-state index contributed by atoms with van der Waals surface area (Å²) in [6.45, 7) is 0. The van der Waals surface area contributed by atoms with E-state index in [9.17, 15) is 13.5 Å². The first-order valence-corrected chi connectivity index (χ1v) is 7.96. The molecule has 0 saturated carbocycles. The van der Waals surface area contributed by atoms with Gasteiger partial charge in [0.05, 0.1) is 29.1 Å². The summed E-state index contributed by atoms with van der Waals surface area (Å²) in [4.78, 5) is 0. The van der Waals surface area contributed by atoms with Crippen molar-refractivity contribution >= 4 is 21.6 Å². The van der Waals surface area contributed by atoms with Gasteiger partial charge in [-0.3, -0.25) is 0 Å². The molecule has 0 aromatic carbocycles. The number of aliphatic hydroxyl groups is 1. The summed E-state index contributed by atoms with van der Waals surface area (Å²) < 4.78 is 22.6. The molecule has 0 aliphatic carbocycles. The van der Waals surface area contributed by atoms with Crippen LogP contribution in [-0.4, -0.2) is 43.1 Å². The minimum absolute atomic E-state index is 0.0247. The first-order valence-electron chi connectivity index (χ1n) is 4.74. The zero-order valence-electron chi connectivity index (χ0n) is 8.64. The summed E-state index contributed by atoms with van der Waals surface area (Å²) in [5.74, 6) is 0.577. The van der Waals surface area contributed by atoms with E-state index in [-0.39, 0.29) is 17.9 Å². The van der Waals surface area contributed by atoms with Crippen LogP contribution in [0, 0.1) is 16.7 Å². The lowest BCUT2D eigenvalue weighted by Crippen LogP contribution is -2.35. The number of sulfone groups is 1. The first kappa shape index (κ1) is 12.8. The molecule has 1 fully saturated rings. The van der Waals surface area contributed by atoms with Gasteiger partial charge in [0.2, 0.25) is 0 Å². The van der Waals surface area contributed by atoms with Gasteiger partial charge in [-0.1, -0.05) is 0 Å². The highest BCUT2D eigenvalue weighted by molar-refractivity contribution is 7.98. The SMILES string of the molecule is CSCCC(O)C1(C#N)CCS(=O)(=O)C1. The van der Waals surface area contributed by atoms with Crippen molar-refractivity contribution in [3.8, 4) is 6.07 Å². The van der Waals surface area contributed by atoms with Crippen LogP contribution in [0.25, 0.3) is 0 Å². The second kappa shape index (κ2) is 4.73. The molecule has 2 unspecified atom stereocenters. The summed E-state index contributed by atoms with van der Waals surface area (Å²) in [5.41, 5.74) is -1.06. The van der Waals surface area contributed by atoms with Crippen LogP contribution in [0.4, 0.5) is 0 Å². The summed E-state index contributed by atoms with van der Waals surface area (Å²) in [6.07, 6.45) is 1.83. The molecule has 6 heteroatoms. The van der Waals surface area contributed by atoms with E-state index < -0.39 is 21.4 Å². The second-order valence-corrected chi connectivity index (χ2v) is 7.08. The van der Waals surface area contributed by atoms with E-state index in [1.807, 2.05) is 12.3 Å². The number of thioether (sulfide) groups is 1. The Kier molecular flexibility index (Phi) is 4.04. The van der Waals surface area contributed by atoms with Crippen LogP contribution >= 0.6 is 11.8 Å². The Hall–Kier alpha value is -0.250. The third-order valence-electron chi connectivity index (χ3n) is 2.79. The predicted octanol–water partition coefficient (Wildman–Crippen LogP) is 0.429. The zero-order valence-corrected chi connectivity index (χ0v) is 10.3. The molecule has 1 aliphatic rings. The van der Waals surface area contributed by atoms with Gasteiger partial charge in [-0.05, 0) is 24.9 Å². The van der Waals surface area contributed by atoms with Crippen molar-refractivity contribution in [2.24, 2.45) is 5.41 Å². The molecule has 1 heterocycles. The Balaban J connectivity index is 2.76. The van der Waals surface area contributed by atoms with Crippen molar-refractivity contribution < 1.29 is 13.5 Å². The largest absolute Gasteiger partial charge is 0.391 e. The Bertz CT molecular complexity index is 360. The molecule has 1 aliphatic heterocycles. The van der Waals surface area contributed by atoms with Gasteiger partial charge in [-0.15, -0.1) is 0 Å². The summed E-state index contributed by atoms with van der Waals surface area (Å²) in [7, 11) is -3.13. The average Bonchev–Trinajstić information content (AvgIpc) is 2.52. The molecule has 0 radical (unpaired) electrons. The van der Waals surface area contributed by atoms with E-state index in [2.05, 4.69) is 0 Å². The molecule has 15 heavy (non-hydrogen) atoms. The van der Waals surface area contributed by atoms with Gasteiger partial charge in [0.1, 0.15) is 0 Å². The maximum absolute atomic E-state index is 11.3. The molecule has 0 aromatic heterocycles. The lowest BCUT2D eigenvalue weighted by atomic mass is 9.82. The van der Waals surface area contributed by atoms with Crippen molar-refractivity contribution in [3.05, 3.63) is 0 Å². The minimum atomic E-state index is -3.13. The third kappa shape index (κ3) is 2.86. The van der Waals surface area contributed by atoms with Crippen molar-refractivity contribution in [1.29, 1.82) is 5.26 Å². The topological polar surface area (TPSA) is 78.2 Å². The molecule has 1 N–H and O–H groups in total. The van der Waals surface area contributed by atoms with Gasteiger partial charge in [0.15, 0.2) is 9.84 Å². The molecule has 0 spiro atoms. The minimum Gasteiger partial charge on any atom is -0.391 e. The Morgan fingerprint density at radius 2 is 2.33 bits per heavy atom. The molecule has 1 rings (SSSR count). The van der Waals surface area contributed by atoms with E-state index in [4.69, 9.17) is 5.26 Å². The van der Waals surface area contributed by atoms with E-state index >= 15 is 0 Å².